The first-order valence-corrected chi connectivity index (χ1v) is 25.0. The minimum atomic E-state index is 0.356. The molecule has 14 aromatic rings. The Morgan fingerprint density at radius 3 is 1.05 bits per heavy atom. The standard InChI is InChI=1S/C68H37N9/c69-38-42-17-21-45(22-18-42)59-37-60(74-68(73-59)47-23-19-43(39-70)20-24-47)46-27-25-44(26-28-46)48-33-49(40-71)67(50(34-48)41-72)77-65-31-29-51(75-61-13-5-1-9-53(61)54-10-2-6-14-62(54)75)35-57(65)58-36-52(30-32-66(58)77)76-63-15-7-3-11-55(63)56-12-4-8-16-64(56)76/h1-37H. The van der Waals surface area contributed by atoms with Crippen LogP contribution in [-0.4, -0.2) is 23.7 Å². The molecule has 0 atom stereocenters. The van der Waals surface area contributed by atoms with Crippen molar-refractivity contribution in [1.82, 2.24) is 23.7 Å². The number of hydrogen-bond donors (Lipinski definition) is 0. The quantitative estimate of drug-likeness (QED) is 0.156. The van der Waals surface area contributed by atoms with E-state index >= 15 is 0 Å². The van der Waals surface area contributed by atoms with Crippen LogP contribution in [0.25, 0.3) is 128 Å². The molecule has 77 heavy (non-hydrogen) atoms. The number of hydrogen-bond acceptors (Lipinski definition) is 6. The van der Waals surface area contributed by atoms with Crippen LogP contribution >= 0.6 is 0 Å². The number of rotatable bonds is 7. The van der Waals surface area contributed by atoms with E-state index < -0.39 is 0 Å². The van der Waals surface area contributed by atoms with Crippen LogP contribution in [0.1, 0.15) is 22.3 Å². The normalized spacial score (nSPS) is 11.3. The zero-order valence-electron chi connectivity index (χ0n) is 40.9. The van der Waals surface area contributed by atoms with Gasteiger partial charge in [-0.25, -0.2) is 9.97 Å². The third kappa shape index (κ3) is 7.13. The molecule has 9 heteroatoms. The van der Waals surface area contributed by atoms with Gasteiger partial charge < -0.3 is 13.7 Å². The van der Waals surface area contributed by atoms with Gasteiger partial charge in [-0.2, -0.15) is 21.0 Å². The summed E-state index contributed by atoms with van der Waals surface area (Å²) in [6.07, 6.45) is 0. The Bertz CT molecular complexity index is 4560. The van der Waals surface area contributed by atoms with Gasteiger partial charge in [0.15, 0.2) is 5.82 Å². The molecule has 0 fully saturated rings. The Hall–Kier alpha value is -11.4. The van der Waals surface area contributed by atoms with Crippen molar-refractivity contribution in [3.05, 3.63) is 247 Å². The van der Waals surface area contributed by atoms with E-state index in [4.69, 9.17) is 9.97 Å². The van der Waals surface area contributed by atoms with Crippen LogP contribution in [0.5, 0.6) is 0 Å². The Balaban J connectivity index is 0.926. The lowest BCUT2D eigenvalue weighted by molar-refractivity contribution is 1.14. The van der Waals surface area contributed by atoms with Gasteiger partial charge in [-0.3, -0.25) is 0 Å². The molecule has 0 bridgehead atoms. The van der Waals surface area contributed by atoms with Gasteiger partial charge in [0.05, 0.1) is 84.6 Å². The highest BCUT2D eigenvalue weighted by Crippen LogP contribution is 2.42. The second-order valence-electron chi connectivity index (χ2n) is 19.0. The summed E-state index contributed by atoms with van der Waals surface area (Å²) < 4.78 is 6.73. The fraction of sp³-hybridized carbons (Fsp3) is 0. The summed E-state index contributed by atoms with van der Waals surface area (Å²) >= 11 is 0. The first-order chi connectivity index (χ1) is 38.0. The van der Waals surface area contributed by atoms with Crippen molar-refractivity contribution in [2.45, 2.75) is 0 Å². The summed E-state index contributed by atoms with van der Waals surface area (Å²) in [5.74, 6) is 0.485. The van der Waals surface area contributed by atoms with E-state index in [2.05, 4.69) is 171 Å². The smallest absolute Gasteiger partial charge is 0.160 e. The predicted molar refractivity (Wildman–Crippen MR) is 306 cm³/mol. The SMILES string of the molecule is N#Cc1ccc(-c2cc(-c3ccc(-c4cc(C#N)c(-n5c6ccc(-n7c8ccccc8c8ccccc87)cc6c6cc(-n7c8ccccc8c8ccccc87)ccc65)c(C#N)c4)cc3)nc(-c3ccc(C#N)cc3)n2)cc1. The molecule has 10 aromatic carbocycles. The molecular weight excluding hydrogens is 943 g/mol. The van der Waals surface area contributed by atoms with E-state index in [1.54, 1.807) is 24.3 Å². The maximum absolute atomic E-state index is 11.2. The van der Waals surface area contributed by atoms with E-state index in [-0.39, 0.29) is 0 Å². The molecule has 0 saturated carbocycles. The van der Waals surface area contributed by atoms with Gasteiger partial charge in [0, 0.05) is 60.4 Å². The zero-order chi connectivity index (χ0) is 51.7. The van der Waals surface area contributed by atoms with Gasteiger partial charge in [0.2, 0.25) is 0 Å². The summed E-state index contributed by atoms with van der Waals surface area (Å²) in [6.45, 7) is 0. The second-order valence-corrected chi connectivity index (χ2v) is 19.0. The van der Waals surface area contributed by atoms with Gasteiger partial charge >= 0.3 is 0 Å². The Labute approximate surface area is 441 Å². The van der Waals surface area contributed by atoms with E-state index in [1.165, 1.54) is 21.5 Å². The number of nitriles is 4. The Kier molecular flexibility index (Phi) is 10.2. The van der Waals surface area contributed by atoms with E-state index in [9.17, 15) is 21.0 Å². The number of fused-ring (bicyclic) bond motifs is 9. The first-order valence-electron chi connectivity index (χ1n) is 25.0. The average molecular weight is 980 g/mol. The highest BCUT2D eigenvalue weighted by atomic mass is 15.0. The number of aromatic nitrogens is 5. The molecule has 354 valence electrons. The fourth-order valence-corrected chi connectivity index (χ4v) is 11.2. The van der Waals surface area contributed by atoms with Crippen molar-refractivity contribution in [1.29, 1.82) is 21.0 Å². The number of para-hydroxylation sites is 4. The molecule has 0 aliphatic carbocycles. The maximum Gasteiger partial charge on any atom is 0.160 e. The fourth-order valence-electron chi connectivity index (χ4n) is 11.2. The third-order valence-electron chi connectivity index (χ3n) is 14.8. The van der Waals surface area contributed by atoms with Crippen LogP contribution in [0.2, 0.25) is 0 Å². The highest BCUT2D eigenvalue weighted by Gasteiger charge is 2.23. The number of nitrogens with zero attached hydrogens (tertiary/aromatic N) is 9. The Morgan fingerprint density at radius 2 is 0.649 bits per heavy atom. The van der Waals surface area contributed by atoms with Crippen molar-refractivity contribution >= 4 is 65.4 Å². The molecule has 0 N–H and O–H groups in total. The zero-order valence-corrected chi connectivity index (χ0v) is 40.9. The lowest BCUT2D eigenvalue weighted by Gasteiger charge is -2.15. The van der Waals surface area contributed by atoms with Gasteiger partial charge in [-0.05, 0) is 126 Å². The van der Waals surface area contributed by atoms with Crippen LogP contribution in [0.4, 0.5) is 0 Å². The molecule has 14 rings (SSSR count). The van der Waals surface area contributed by atoms with Crippen molar-refractivity contribution in [2.24, 2.45) is 0 Å². The molecule has 4 aromatic heterocycles. The summed E-state index contributed by atoms with van der Waals surface area (Å²) in [7, 11) is 0. The molecule has 0 aliphatic heterocycles. The molecule has 9 nitrogen and oxygen atoms in total. The molecule has 0 unspecified atom stereocenters. The first kappa shape index (κ1) is 44.3. The lowest BCUT2D eigenvalue weighted by atomic mass is 9.96. The van der Waals surface area contributed by atoms with Crippen LogP contribution in [-0.2, 0) is 0 Å². The van der Waals surface area contributed by atoms with Crippen LogP contribution in [0, 0.1) is 45.3 Å². The largest absolute Gasteiger partial charge is 0.309 e. The molecule has 0 saturated heterocycles. The molecule has 0 aliphatic rings. The average Bonchev–Trinajstić information content (AvgIpc) is 4.26. The van der Waals surface area contributed by atoms with Crippen molar-refractivity contribution in [2.75, 3.05) is 0 Å². The molecule has 0 radical (unpaired) electrons. The topological polar surface area (TPSA) is 136 Å². The van der Waals surface area contributed by atoms with Crippen LogP contribution in [0.15, 0.2) is 224 Å². The molecule has 4 heterocycles. The number of benzene rings is 10. The summed E-state index contributed by atoms with van der Waals surface area (Å²) in [4.78, 5) is 9.90. The maximum atomic E-state index is 11.2. The lowest BCUT2D eigenvalue weighted by Crippen LogP contribution is -2.03. The van der Waals surface area contributed by atoms with E-state index in [1.807, 2.05) is 66.7 Å². The van der Waals surface area contributed by atoms with Gasteiger partial charge in [-0.1, -0.05) is 109 Å². The summed E-state index contributed by atoms with van der Waals surface area (Å²) in [5.41, 5.74) is 15.7. The minimum absolute atomic E-state index is 0.356. The van der Waals surface area contributed by atoms with Crippen molar-refractivity contribution in [3.8, 4) is 86.4 Å². The van der Waals surface area contributed by atoms with E-state index in [0.29, 0.717) is 45.2 Å². The van der Waals surface area contributed by atoms with Crippen molar-refractivity contribution < 1.29 is 0 Å². The Morgan fingerprint density at radius 1 is 0.286 bits per heavy atom. The van der Waals surface area contributed by atoms with Crippen LogP contribution in [0.3, 0.4) is 0 Å². The van der Waals surface area contributed by atoms with Crippen LogP contribution < -0.4 is 0 Å². The van der Waals surface area contributed by atoms with Gasteiger partial charge in [0.1, 0.15) is 12.1 Å². The molecule has 0 spiro atoms. The highest BCUT2D eigenvalue weighted by molar-refractivity contribution is 6.14. The summed E-state index contributed by atoms with van der Waals surface area (Å²) in [5, 5.41) is 47.9. The van der Waals surface area contributed by atoms with Gasteiger partial charge in [0.25, 0.3) is 0 Å². The molecule has 0 amide bonds. The van der Waals surface area contributed by atoms with Crippen molar-refractivity contribution in [3.63, 3.8) is 0 Å². The molecular formula is C68H37N9. The summed E-state index contributed by atoms with van der Waals surface area (Å²) in [6, 6.07) is 84.3. The monoisotopic (exact) mass is 979 g/mol. The van der Waals surface area contributed by atoms with Gasteiger partial charge in [-0.15, -0.1) is 0 Å². The van der Waals surface area contributed by atoms with E-state index in [0.717, 1.165) is 83.1 Å². The third-order valence-corrected chi connectivity index (χ3v) is 14.8. The predicted octanol–water partition coefficient (Wildman–Crippen LogP) is 15.9. The second kappa shape index (κ2) is 17.7. The minimum Gasteiger partial charge on any atom is -0.309 e.